The zero-order valence-electron chi connectivity index (χ0n) is 6.75. The number of esters is 1. The number of hydrogen-bond acceptors (Lipinski definition) is 4. The topological polar surface area (TPSA) is 52.6 Å². The van der Waals surface area contributed by atoms with Crippen LogP contribution in [0.3, 0.4) is 0 Å². The number of rotatable bonds is 5. The van der Waals surface area contributed by atoms with Crippen LogP contribution in [0.2, 0.25) is 0 Å². The van der Waals surface area contributed by atoms with Gasteiger partial charge in [-0.25, -0.2) is 0 Å². The molecule has 0 saturated carbocycles. The molecule has 0 aromatic heterocycles. The summed E-state index contributed by atoms with van der Waals surface area (Å²) in [6.07, 6.45) is -0.105. The molecular formula is C6H13O4P. The molecule has 0 aromatic rings. The minimum absolute atomic E-state index is 0.105. The quantitative estimate of drug-likeness (QED) is 0.469. The average molecular weight is 180 g/mol. The molecule has 1 unspecified atom stereocenters. The minimum atomic E-state index is -2.19. The van der Waals surface area contributed by atoms with Gasteiger partial charge in [-0.2, -0.15) is 0 Å². The smallest absolute Gasteiger partial charge is 0.315 e. The summed E-state index contributed by atoms with van der Waals surface area (Å²) in [4.78, 5) is 10.7. The lowest BCUT2D eigenvalue weighted by Crippen LogP contribution is -2.06. The second-order valence-electron chi connectivity index (χ2n) is 1.79. The molecule has 0 aliphatic heterocycles. The molecule has 0 aromatic carbocycles. The largest absolute Gasteiger partial charge is 0.466 e. The zero-order valence-corrected chi connectivity index (χ0v) is 7.75. The van der Waals surface area contributed by atoms with Crippen molar-refractivity contribution in [2.45, 2.75) is 13.8 Å². The van der Waals surface area contributed by atoms with E-state index in [1.165, 1.54) is 0 Å². The molecule has 1 atom stereocenters. The van der Waals surface area contributed by atoms with Gasteiger partial charge in [0, 0.05) is 0 Å². The van der Waals surface area contributed by atoms with Crippen LogP contribution in [0, 0.1) is 0 Å². The first-order chi connectivity index (χ1) is 5.20. The normalized spacial score (nSPS) is 12.5. The number of carbonyl (C=O) groups excluding carboxylic acids is 1. The van der Waals surface area contributed by atoms with Gasteiger partial charge in [0.2, 0.25) is 8.03 Å². The summed E-state index contributed by atoms with van der Waals surface area (Å²) >= 11 is 0. The summed E-state index contributed by atoms with van der Waals surface area (Å²) in [6.45, 7) is 4.13. The summed E-state index contributed by atoms with van der Waals surface area (Å²) in [5.41, 5.74) is 0. The standard InChI is InChI=1S/C6H13O4P/c1-3-9-6(7)5-11(8)10-4-2/h11H,3-5H2,1-2H3. The third-order valence-electron chi connectivity index (χ3n) is 0.899. The van der Waals surface area contributed by atoms with Crippen molar-refractivity contribution in [2.75, 3.05) is 19.4 Å². The Morgan fingerprint density at radius 3 is 2.45 bits per heavy atom. The Hall–Kier alpha value is -0.340. The van der Waals surface area contributed by atoms with Crippen LogP contribution >= 0.6 is 8.03 Å². The molecule has 0 spiro atoms. The van der Waals surface area contributed by atoms with Crippen LogP contribution in [0.1, 0.15) is 13.8 Å². The molecule has 0 N–H and O–H groups in total. The highest BCUT2D eigenvalue weighted by molar-refractivity contribution is 7.40. The maximum atomic E-state index is 10.8. The first kappa shape index (κ1) is 10.7. The third-order valence-corrected chi connectivity index (χ3v) is 2.09. The van der Waals surface area contributed by atoms with Gasteiger partial charge in [-0.3, -0.25) is 9.36 Å². The van der Waals surface area contributed by atoms with E-state index in [9.17, 15) is 9.36 Å². The fourth-order valence-electron chi connectivity index (χ4n) is 0.542. The number of carbonyl (C=O) groups is 1. The first-order valence-electron chi connectivity index (χ1n) is 3.52. The van der Waals surface area contributed by atoms with Crippen LogP contribution in [0.15, 0.2) is 0 Å². The fraction of sp³-hybridized carbons (Fsp3) is 0.833. The molecule has 0 rings (SSSR count). The van der Waals surface area contributed by atoms with E-state index in [0.717, 1.165) is 0 Å². The van der Waals surface area contributed by atoms with Crippen LogP contribution in [-0.4, -0.2) is 25.3 Å². The van der Waals surface area contributed by atoms with Gasteiger partial charge in [0.1, 0.15) is 6.16 Å². The molecule has 0 bridgehead atoms. The molecule has 5 heteroatoms. The Balaban J connectivity index is 3.49. The van der Waals surface area contributed by atoms with Crippen molar-refractivity contribution in [1.82, 2.24) is 0 Å². The van der Waals surface area contributed by atoms with Crippen LogP contribution in [0.25, 0.3) is 0 Å². The summed E-state index contributed by atoms with van der Waals surface area (Å²) in [6, 6.07) is 0. The highest BCUT2D eigenvalue weighted by atomic mass is 31.1. The lowest BCUT2D eigenvalue weighted by Gasteiger charge is -2.00. The molecule has 0 radical (unpaired) electrons. The van der Waals surface area contributed by atoms with Gasteiger partial charge >= 0.3 is 5.97 Å². The van der Waals surface area contributed by atoms with E-state index in [1.807, 2.05) is 0 Å². The van der Waals surface area contributed by atoms with Crippen LogP contribution < -0.4 is 0 Å². The van der Waals surface area contributed by atoms with E-state index in [1.54, 1.807) is 13.8 Å². The molecule has 4 nitrogen and oxygen atoms in total. The van der Waals surface area contributed by atoms with Crippen LogP contribution in [0.5, 0.6) is 0 Å². The second-order valence-corrected chi connectivity index (χ2v) is 3.17. The Bertz CT molecular complexity index is 130. The monoisotopic (exact) mass is 180 g/mol. The fourth-order valence-corrected chi connectivity index (χ4v) is 1.30. The van der Waals surface area contributed by atoms with E-state index < -0.39 is 14.0 Å². The molecule has 11 heavy (non-hydrogen) atoms. The molecule has 0 amide bonds. The van der Waals surface area contributed by atoms with E-state index in [-0.39, 0.29) is 6.16 Å². The maximum absolute atomic E-state index is 10.8. The number of ether oxygens (including phenoxy) is 1. The van der Waals surface area contributed by atoms with Gasteiger partial charge in [0.15, 0.2) is 0 Å². The molecule has 0 fully saturated rings. The Morgan fingerprint density at radius 1 is 1.36 bits per heavy atom. The van der Waals surface area contributed by atoms with E-state index in [2.05, 4.69) is 4.74 Å². The predicted molar refractivity (Wildman–Crippen MR) is 42.1 cm³/mol. The molecule has 0 heterocycles. The third kappa shape index (κ3) is 6.07. The summed E-state index contributed by atoms with van der Waals surface area (Å²) in [7, 11) is -2.19. The summed E-state index contributed by atoms with van der Waals surface area (Å²) < 4.78 is 20.1. The van der Waals surface area contributed by atoms with Crippen LogP contribution in [0.4, 0.5) is 0 Å². The molecule has 0 aliphatic carbocycles. The van der Waals surface area contributed by atoms with Gasteiger partial charge in [-0.1, -0.05) is 0 Å². The SMILES string of the molecule is CCOC(=O)C[PH](=O)OCC. The van der Waals surface area contributed by atoms with Crippen molar-refractivity contribution < 1.29 is 18.6 Å². The average Bonchev–Trinajstić information content (AvgIpc) is 1.87. The molecule has 0 saturated heterocycles. The van der Waals surface area contributed by atoms with E-state index >= 15 is 0 Å². The highest BCUT2D eigenvalue weighted by Gasteiger charge is 2.07. The summed E-state index contributed by atoms with van der Waals surface area (Å²) in [5, 5.41) is 0. The summed E-state index contributed by atoms with van der Waals surface area (Å²) in [5.74, 6) is -0.454. The van der Waals surface area contributed by atoms with Gasteiger partial charge < -0.3 is 9.26 Å². The molecule has 66 valence electrons. The van der Waals surface area contributed by atoms with Crippen LogP contribution in [-0.2, 0) is 18.6 Å². The van der Waals surface area contributed by atoms with Crippen molar-refractivity contribution in [2.24, 2.45) is 0 Å². The van der Waals surface area contributed by atoms with Crippen molar-refractivity contribution in [3.8, 4) is 0 Å². The van der Waals surface area contributed by atoms with Gasteiger partial charge in [-0.05, 0) is 13.8 Å². The highest BCUT2D eigenvalue weighted by Crippen LogP contribution is 2.20. The lowest BCUT2D eigenvalue weighted by atomic mass is 10.8. The second kappa shape index (κ2) is 6.38. The predicted octanol–water partition coefficient (Wildman–Crippen LogP) is 1.06. The Morgan fingerprint density at radius 2 is 2.00 bits per heavy atom. The van der Waals surface area contributed by atoms with Gasteiger partial charge in [0.05, 0.1) is 13.2 Å². The maximum Gasteiger partial charge on any atom is 0.315 e. The van der Waals surface area contributed by atoms with Crippen molar-refractivity contribution in [1.29, 1.82) is 0 Å². The van der Waals surface area contributed by atoms with Crippen molar-refractivity contribution in [3.63, 3.8) is 0 Å². The van der Waals surface area contributed by atoms with Gasteiger partial charge in [0.25, 0.3) is 0 Å². The van der Waals surface area contributed by atoms with E-state index in [0.29, 0.717) is 13.2 Å². The lowest BCUT2D eigenvalue weighted by molar-refractivity contribution is -0.140. The van der Waals surface area contributed by atoms with E-state index in [4.69, 9.17) is 4.52 Å². The Kier molecular flexibility index (Phi) is 6.18. The van der Waals surface area contributed by atoms with Crippen molar-refractivity contribution in [3.05, 3.63) is 0 Å². The molecule has 0 aliphatic rings. The first-order valence-corrected chi connectivity index (χ1v) is 5.04. The Labute approximate surface area is 66.7 Å². The van der Waals surface area contributed by atoms with Gasteiger partial charge in [-0.15, -0.1) is 0 Å². The number of hydrogen-bond donors (Lipinski definition) is 0. The molecular weight excluding hydrogens is 167 g/mol. The minimum Gasteiger partial charge on any atom is -0.466 e. The zero-order chi connectivity index (χ0) is 8.69. The van der Waals surface area contributed by atoms with Crippen molar-refractivity contribution >= 4 is 14.0 Å².